The van der Waals surface area contributed by atoms with E-state index < -0.39 is 0 Å². The molecule has 0 saturated heterocycles. The maximum Gasteiger partial charge on any atom is 0.276 e. The number of anilines is 1. The Balaban J connectivity index is 1.58. The molecule has 0 fully saturated rings. The van der Waals surface area contributed by atoms with Crippen LogP contribution in [0, 0.1) is 0 Å². The van der Waals surface area contributed by atoms with Crippen molar-refractivity contribution in [3.05, 3.63) is 65.7 Å². The van der Waals surface area contributed by atoms with Gasteiger partial charge in [0.05, 0.1) is 25.4 Å². The molecule has 4 aromatic rings. The number of aromatic nitrogens is 2. The molecule has 0 spiro atoms. The van der Waals surface area contributed by atoms with Gasteiger partial charge in [-0.15, -0.1) is 11.3 Å². The Morgan fingerprint density at radius 1 is 1.00 bits per heavy atom. The van der Waals surface area contributed by atoms with Crippen LogP contribution in [-0.2, 0) is 0 Å². The van der Waals surface area contributed by atoms with Gasteiger partial charge in [0.25, 0.3) is 5.91 Å². The van der Waals surface area contributed by atoms with Gasteiger partial charge in [0, 0.05) is 16.3 Å². The lowest BCUT2D eigenvalue weighted by Crippen LogP contribution is -2.13. The highest BCUT2D eigenvalue weighted by atomic mass is 32.1. The predicted molar refractivity (Wildman–Crippen MR) is 110 cm³/mol. The first kappa shape index (κ1) is 17.9. The van der Waals surface area contributed by atoms with Gasteiger partial charge in [-0.2, -0.15) is 0 Å². The maximum absolute atomic E-state index is 12.6. The van der Waals surface area contributed by atoms with E-state index in [-0.39, 0.29) is 5.91 Å². The monoisotopic (exact) mass is 391 g/mol. The Bertz CT molecular complexity index is 1160. The van der Waals surface area contributed by atoms with Gasteiger partial charge in [-0.1, -0.05) is 24.3 Å². The van der Waals surface area contributed by atoms with Crippen LogP contribution in [0.15, 0.2) is 60.0 Å². The highest BCUT2D eigenvalue weighted by Gasteiger charge is 2.14. The number of nitrogens with zero attached hydrogens (tertiary/aromatic N) is 2. The third-order valence-corrected chi connectivity index (χ3v) is 5.00. The third kappa shape index (κ3) is 3.52. The van der Waals surface area contributed by atoms with E-state index in [1.54, 1.807) is 20.3 Å². The van der Waals surface area contributed by atoms with Crippen molar-refractivity contribution in [1.82, 2.24) is 9.97 Å². The highest BCUT2D eigenvalue weighted by molar-refractivity contribution is 7.14. The summed E-state index contributed by atoms with van der Waals surface area (Å²) in [5.41, 5.74) is 2.61. The Labute approximate surface area is 165 Å². The molecule has 1 amide bonds. The zero-order chi connectivity index (χ0) is 19.5. The van der Waals surface area contributed by atoms with E-state index >= 15 is 0 Å². The number of para-hydroxylation sites is 1. The van der Waals surface area contributed by atoms with Crippen LogP contribution < -0.4 is 14.8 Å². The summed E-state index contributed by atoms with van der Waals surface area (Å²) < 4.78 is 10.7. The number of thiazole rings is 1. The van der Waals surface area contributed by atoms with Gasteiger partial charge in [0.2, 0.25) is 0 Å². The molecule has 2 heterocycles. The van der Waals surface area contributed by atoms with Gasteiger partial charge < -0.3 is 9.47 Å². The zero-order valence-corrected chi connectivity index (χ0v) is 16.1. The molecule has 2 aromatic heterocycles. The minimum Gasteiger partial charge on any atom is -0.497 e. The van der Waals surface area contributed by atoms with Gasteiger partial charge in [-0.25, -0.2) is 9.97 Å². The molecule has 0 aliphatic carbocycles. The lowest BCUT2D eigenvalue weighted by atomic mass is 10.1. The first-order valence-electron chi connectivity index (χ1n) is 8.53. The number of benzene rings is 2. The second-order valence-corrected chi connectivity index (χ2v) is 6.81. The first-order valence-corrected chi connectivity index (χ1v) is 9.41. The normalized spacial score (nSPS) is 10.6. The van der Waals surface area contributed by atoms with Crippen molar-refractivity contribution in [2.75, 3.05) is 19.5 Å². The fraction of sp³-hybridized carbons (Fsp3) is 0.0952. The van der Waals surface area contributed by atoms with E-state index in [0.29, 0.717) is 28.0 Å². The number of amides is 1. The molecular weight excluding hydrogens is 374 g/mol. The second kappa shape index (κ2) is 7.66. The number of ether oxygens (including phenoxy) is 2. The number of pyridine rings is 1. The molecule has 4 rings (SSSR count). The minimum atomic E-state index is -0.302. The van der Waals surface area contributed by atoms with E-state index in [9.17, 15) is 4.79 Å². The first-order chi connectivity index (χ1) is 13.7. The van der Waals surface area contributed by atoms with Crippen LogP contribution in [0.25, 0.3) is 22.2 Å². The molecular formula is C21H17N3O3S. The van der Waals surface area contributed by atoms with Crippen LogP contribution in [-0.4, -0.2) is 30.1 Å². The molecule has 0 saturated carbocycles. The Hall–Kier alpha value is -3.45. The van der Waals surface area contributed by atoms with E-state index in [4.69, 9.17) is 9.47 Å². The topological polar surface area (TPSA) is 73.3 Å². The van der Waals surface area contributed by atoms with Gasteiger partial charge in [-0.3, -0.25) is 10.1 Å². The predicted octanol–water partition coefficient (Wildman–Crippen LogP) is 4.63. The van der Waals surface area contributed by atoms with Crippen molar-refractivity contribution in [2.24, 2.45) is 0 Å². The Kier molecular flexibility index (Phi) is 4.90. The number of carbonyl (C=O) groups excluding carboxylic acids is 1. The largest absolute Gasteiger partial charge is 0.497 e. The van der Waals surface area contributed by atoms with E-state index in [0.717, 1.165) is 16.5 Å². The minimum absolute atomic E-state index is 0.302. The van der Waals surface area contributed by atoms with Crippen molar-refractivity contribution in [3.8, 4) is 22.8 Å². The molecule has 1 N–H and O–H groups in total. The van der Waals surface area contributed by atoms with E-state index in [2.05, 4.69) is 15.3 Å². The van der Waals surface area contributed by atoms with Crippen molar-refractivity contribution >= 4 is 33.3 Å². The molecule has 0 unspecified atom stereocenters. The van der Waals surface area contributed by atoms with Crippen molar-refractivity contribution in [3.63, 3.8) is 0 Å². The van der Waals surface area contributed by atoms with Crippen LogP contribution in [0.2, 0.25) is 0 Å². The second-order valence-electron chi connectivity index (χ2n) is 5.95. The molecule has 0 radical (unpaired) electrons. The fourth-order valence-electron chi connectivity index (χ4n) is 2.82. The third-order valence-electron chi connectivity index (χ3n) is 4.24. The molecule has 2 aromatic carbocycles. The summed E-state index contributed by atoms with van der Waals surface area (Å²) in [4.78, 5) is 21.5. The molecule has 7 heteroatoms. The summed E-state index contributed by atoms with van der Waals surface area (Å²) in [5.74, 6) is 1.08. The number of hydrogen-bond donors (Lipinski definition) is 1. The summed E-state index contributed by atoms with van der Waals surface area (Å²) in [6, 6.07) is 16.8. The molecule has 28 heavy (non-hydrogen) atoms. The quantitative estimate of drug-likeness (QED) is 0.537. The van der Waals surface area contributed by atoms with Crippen molar-refractivity contribution in [1.29, 1.82) is 0 Å². The number of rotatable bonds is 5. The van der Waals surface area contributed by atoms with Gasteiger partial charge in [0.15, 0.2) is 5.13 Å². The molecule has 6 nitrogen and oxygen atoms in total. The average molecular weight is 391 g/mol. The summed E-state index contributed by atoms with van der Waals surface area (Å²) in [6.07, 6.45) is 0. The summed E-state index contributed by atoms with van der Waals surface area (Å²) in [5, 5.41) is 6.15. The Morgan fingerprint density at radius 2 is 1.86 bits per heavy atom. The molecule has 0 bridgehead atoms. The van der Waals surface area contributed by atoms with Crippen molar-refractivity contribution < 1.29 is 14.3 Å². The molecule has 140 valence electrons. The average Bonchev–Trinajstić information content (AvgIpc) is 3.21. The standard InChI is InChI=1S/C21H17N3O3S/c1-26-14-8-10-19(27-2)15(11-14)18-12-28-21(23-18)24-20(25)17-9-7-13-5-3-4-6-16(13)22-17/h3-12H,1-2H3,(H,23,24,25). The molecule has 0 aliphatic heterocycles. The lowest BCUT2D eigenvalue weighted by Gasteiger charge is -2.08. The van der Waals surface area contributed by atoms with Gasteiger partial charge in [-0.05, 0) is 30.3 Å². The zero-order valence-electron chi connectivity index (χ0n) is 15.3. The van der Waals surface area contributed by atoms with Crippen LogP contribution in [0.4, 0.5) is 5.13 Å². The van der Waals surface area contributed by atoms with Crippen LogP contribution in [0.1, 0.15) is 10.5 Å². The van der Waals surface area contributed by atoms with Crippen LogP contribution in [0.5, 0.6) is 11.5 Å². The fourth-order valence-corrected chi connectivity index (χ4v) is 3.53. The molecule has 0 aliphatic rings. The molecule has 0 atom stereocenters. The van der Waals surface area contributed by atoms with Crippen LogP contribution >= 0.6 is 11.3 Å². The van der Waals surface area contributed by atoms with Gasteiger partial charge >= 0.3 is 0 Å². The Morgan fingerprint density at radius 3 is 2.68 bits per heavy atom. The number of hydrogen-bond acceptors (Lipinski definition) is 6. The van der Waals surface area contributed by atoms with Crippen LogP contribution in [0.3, 0.4) is 0 Å². The lowest BCUT2D eigenvalue weighted by molar-refractivity contribution is 0.102. The number of fused-ring (bicyclic) bond motifs is 1. The number of carbonyl (C=O) groups is 1. The van der Waals surface area contributed by atoms with Crippen molar-refractivity contribution in [2.45, 2.75) is 0 Å². The summed E-state index contributed by atoms with van der Waals surface area (Å²) >= 11 is 1.34. The van der Waals surface area contributed by atoms with Gasteiger partial charge in [0.1, 0.15) is 17.2 Å². The smallest absolute Gasteiger partial charge is 0.276 e. The highest BCUT2D eigenvalue weighted by Crippen LogP contribution is 2.35. The number of nitrogens with one attached hydrogen (secondary N) is 1. The maximum atomic E-state index is 12.6. The van der Waals surface area contributed by atoms with E-state index in [1.165, 1.54) is 11.3 Å². The number of methoxy groups -OCH3 is 2. The summed E-state index contributed by atoms with van der Waals surface area (Å²) in [6.45, 7) is 0. The summed E-state index contributed by atoms with van der Waals surface area (Å²) in [7, 11) is 3.21. The van der Waals surface area contributed by atoms with E-state index in [1.807, 2.05) is 53.9 Å². The SMILES string of the molecule is COc1ccc(OC)c(-c2csc(NC(=O)c3ccc4ccccc4n3)n2)c1.